The molecule has 1 rings (SSSR count). The Labute approximate surface area is 78.3 Å². The first-order valence-electron chi connectivity index (χ1n) is 3.15. The molecule has 0 N–H and O–H groups in total. The van der Waals surface area contributed by atoms with E-state index in [-0.39, 0.29) is 5.82 Å². The summed E-state index contributed by atoms with van der Waals surface area (Å²) < 4.78 is 13.7. The van der Waals surface area contributed by atoms with Crippen molar-refractivity contribution in [3.63, 3.8) is 0 Å². The molecule has 0 fully saturated rings. The van der Waals surface area contributed by atoms with Crippen LogP contribution in [0.25, 0.3) is 0 Å². The van der Waals surface area contributed by atoms with Gasteiger partial charge < -0.3 is 0 Å². The fourth-order valence-corrected chi connectivity index (χ4v) is 2.02. The summed E-state index contributed by atoms with van der Waals surface area (Å²) in [5.41, 5.74) is 0.984. The second-order valence-corrected chi connectivity index (χ2v) is 3.88. The molecule has 1 aromatic rings. The summed E-state index contributed by atoms with van der Waals surface area (Å²) in [6.45, 7) is 1.90. The van der Waals surface area contributed by atoms with E-state index >= 15 is 0 Å². The molecule has 1 aromatic carbocycles. The van der Waals surface area contributed by atoms with Crippen molar-refractivity contribution in [2.75, 3.05) is 6.26 Å². The maximum atomic E-state index is 13.2. The van der Waals surface area contributed by atoms with Crippen molar-refractivity contribution in [2.24, 2.45) is 0 Å². The number of thioether (sulfide) groups is 1. The normalized spacial score (nSPS) is 10.2. The summed E-state index contributed by atoms with van der Waals surface area (Å²) in [5, 5.41) is 0. The lowest BCUT2D eigenvalue weighted by atomic mass is 10.2. The summed E-state index contributed by atoms with van der Waals surface area (Å²) in [7, 11) is 0. The van der Waals surface area contributed by atoms with Crippen LogP contribution in [0.2, 0.25) is 0 Å². The molecule has 0 aliphatic rings. The standard InChI is InChI=1S/C8H8BrFS/c1-5-3-4-6(9)7(10)8(5)11-2/h3-4H,1-2H3. The van der Waals surface area contributed by atoms with Crippen molar-refractivity contribution in [3.8, 4) is 0 Å². The highest BCUT2D eigenvalue weighted by Gasteiger charge is 2.07. The molecule has 0 aliphatic carbocycles. The van der Waals surface area contributed by atoms with Crippen LogP contribution in [0.1, 0.15) is 5.56 Å². The maximum Gasteiger partial charge on any atom is 0.151 e. The summed E-state index contributed by atoms with van der Waals surface area (Å²) in [6, 6.07) is 3.63. The molecule has 0 atom stereocenters. The Hall–Kier alpha value is -0.0200. The van der Waals surface area contributed by atoms with Gasteiger partial charge in [-0.25, -0.2) is 4.39 Å². The second kappa shape index (κ2) is 3.59. The third-order valence-corrected chi connectivity index (χ3v) is 2.97. The van der Waals surface area contributed by atoms with Crippen molar-refractivity contribution in [1.29, 1.82) is 0 Å². The molecule has 0 spiro atoms. The summed E-state index contributed by atoms with van der Waals surface area (Å²) in [6.07, 6.45) is 1.87. The topological polar surface area (TPSA) is 0 Å². The van der Waals surface area contributed by atoms with Gasteiger partial charge in [0.2, 0.25) is 0 Å². The predicted molar refractivity (Wildman–Crippen MR) is 50.6 cm³/mol. The Kier molecular flexibility index (Phi) is 2.96. The van der Waals surface area contributed by atoms with Gasteiger partial charge in [0.25, 0.3) is 0 Å². The Balaban J connectivity index is 3.29. The van der Waals surface area contributed by atoms with E-state index in [1.165, 1.54) is 11.8 Å². The van der Waals surface area contributed by atoms with Crippen LogP contribution in [-0.2, 0) is 0 Å². The Bertz CT molecular complexity index is 273. The quantitative estimate of drug-likeness (QED) is 0.670. The summed E-state index contributed by atoms with van der Waals surface area (Å²) in [4.78, 5) is 0.722. The number of hydrogen-bond donors (Lipinski definition) is 0. The smallest absolute Gasteiger partial charge is 0.151 e. The minimum Gasteiger partial charge on any atom is -0.205 e. The Morgan fingerprint density at radius 1 is 1.45 bits per heavy atom. The SMILES string of the molecule is CSc1c(C)ccc(Br)c1F. The molecule has 0 saturated heterocycles. The average Bonchev–Trinajstić information content (AvgIpc) is 1.99. The lowest BCUT2D eigenvalue weighted by Gasteiger charge is -2.04. The zero-order valence-electron chi connectivity index (χ0n) is 6.32. The third kappa shape index (κ3) is 1.76. The molecule has 0 saturated carbocycles. The summed E-state index contributed by atoms with van der Waals surface area (Å²) in [5.74, 6) is -0.155. The highest BCUT2D eigenvalue weighted by atomic mass is 79.9. The molecular formula is C8H8BrFS. The summed E-state index contributed by atoms with van der Waals surface area (Å²) >= 11 is 4.56. The van der Waals surface area contributed by atoms with Gasteiger partial charge in [0.15, 0.2) is 5.82 Å². The zero-order chi connectivity index (χ0) is 8.43. The average molecular weight is 235 g/mol. The molecule has 0 nitrogen and oxygen atoms in total. The molecule has 0 unspecified atom stereocenters. The van der Waals surface area contributed by atoms with E-state index < -0.39 is 0 Å². The fraction of sp³-hybridized carbons (Fsp3) is 0.250. The molecule has 11 heavy (non-hydrogen) atoms. The zero-order valence-corrected chi connectivity index (χ0v) is 8.72. The lowest BCUT2D eigenvalue weighted by molar-refractivity contribution is 0.593. The van der Waals surface area contributed by atoms with Crippen LogP contribution in [0.5, 0.6) is 0 Å². The third-order valence-electron chi connectivity index (χ3n) is 1.45. The van der Waals surface area contributed by atoms with Crippen molar-refractivity contribution in [2.45, 2.75) is 11.8 Å². The minimum absolute atomic E-state index is 0.155. The molecule has 3 heteroatoms. The van der Waals surface area contributed by atoms with Crippen LogP contribution >= 0.6 is 27.7 Å². The molecule has 0 aliphatic heterocycles. The number of halogens is 2. The van der Waals surface area contributed by atoms with Crippen LogP contribution in [0, 0.1) is 12.7 Å². The van der Waals surface area contributed by atoms with Gasteiger partial charge >= 0.3 is 0 Å². The van der Waals surface area contributed by atoms with E-state index in [2.05, 4.69) is 15.9 Å². The number of rotatable bonds is 1. The van der Waals surface area contributed by atoms with Gasteiger partial charge in [0.1, 0.15) is 0 Å². The van der Waals surface area contributed by atoms with Crippen LogP contribution in [0.3, 0.4) is 0 Å². The molecular weight excluding hydrogens is 227 g/mol. The van der Waals surface area contributed by atoms with Crippen LogP contribution < -0.4 is 0 Å². The molecule has 0 radical (unpaired) electrons. The van der Waals surface area contributed by atoms with Gasteiger partial charge in [-0.05, 0) is 40.7 Å². The first kappa shape index (κ1) is 9.07. The van der Waals surface area contributed by atoms with Gasteiger partial charge in [0, 0.05) is 4.90 Å². The van der Waals surface area contributed by atoms with Crippen LogP contribution in [0.15, 0.2) is 21.5 Å². The first-order valence-corrected chi connectivity index (χ1v) is 5.17. The molecule has 0 amide bonds. The molecule has 0 heterocycles. The second-order valence-electron chi connectivity index (χ2n) is 2.21. The highest BCUT2D eigenvalue weighted by molar-refractivity contribution is 9.10. The van der Waals surface area contributed by atoms with Gasteiger partial charge in [-0.15, -0.1) is 11.8 Å². The Morgan fingerprint density at radius 2 is 2.09 bits per heavy atom. The van der Waals surface area contributed by atoms with Gasteiger partial charge in [-0.3, -0.25) is 0 Å². The van der Waals surface area contributed by atoms with Crippen LogP contribution in [-0.4, -0.2) is 6.26 Å². The van der Waals surface area contributed by atoms with E-state index in [0.29, 0.717) is 4.47 Å². The largest absolute Gasteiger partial charge is 0.205 e. The van der Waals surface area contributed by atoms with Crippen molar-refractivity contribution < 1.29 is 4.39 Å². The van der Waals surface area contributed by atoms with E-state index in [1.807, 2.05) is 19.2 Å². The lowest BCUT2D eigenvalue weighted by Crippen LogP contribution is -1.86. The van der Waals surface area contributed by atoms with Gasteiger partial charge in [-0.1, -0.05) is 6.07 Å². The molecule has 0 aromatic heterocycles. The highest BCUT2D eigenvalue weighted by Crippen LogP contribution is 2.28. The van der Waals surface area contributed by atoms with Crippen molar-refractivity contribution in [1.82, 2.24) is 0 Å². The Morgan fingerprint density at radius 3 is 2.55 bits per heavy atom. The number of aryl methyl sites for hydroxylation is 1. The maximum absolute atomic E-state index is 13.2. The van der Waals surface area contributed by atoms with E-state index in [0.717, 1.165) is 10.5 Å². The monoisotopic (exact) mass is 234 g/mol. The van der Waals surface area contributed by atoms with Gasteiger partial charge in [0.05, 0.1) is 4.47 Å². The van der Waals surface area contributed by atoms with E-state index in [9.17, 15) is 4.39 Å². The van der Waals surface area contributed by atoms with Crippen molar-refractivity contribution >= 4 is 27.7 Å². The van der Waals surface area contributed by atoms with E-state index in [1.54, 1.807) is 6.07 Å². The fourth-order valence-electron chi connectivity index (χ4n) is 0.879. The predicted octanol–water partition coefficient (Wildman–Crippen LogP) is 3.62. The number of benzene rings is 1. The number of hydrogen-bond acceptors (Lipinski definition) is 1. The van der Waals surface area contributed by atoms with Crippen molar-refractivity contribution in [3.05, 3.63) is 28.0 Å². The van der Waals surface area contributed by atoms with Gasteiger partial charge in [-0.2, -0.15) is 0 Å². The first-order chi connectivity index (χ1) is 5.16. The van der Waals surface area contributed by atoms with E-state index in [4.69, 9.17) is 0 Å². The molecule has 0 bridgehead atoms. The van der Waals surface area contributed by atoms with Crippen LogP contribution in [0.4, 0.5) is 4.39 Å². The minimum atomic E-state index is -0.155. The molecule has 60 valence electrons.